The van der Waals surface area contributed by atoms with Crippen LogP contribution in [-0.4, -0.2) is 50.5 Å². The zero-order chi connectivity index (χ0) is 12.9. The predicted molar refractivity (Wildman–Crippen MR) is 71.8 cm³/mol. The largest absolute Gasteiger partial charge is 0.329 e. The van der Waals surface area contributed by atoms with E-state index in [9.17, 15) is 8.42 Å². The number of nitrogens with two attached hydrogens (primary N) is 1. The van der Waals surface area contributed by atoms with Gasteiger partial charge in [0.25, 0.3) is 0 Å². The van der Waals surface area contributed by atoms with E-state index in [1.165, 1.54) is 12.8 Å². The van der Waals surface area contributed by atoms with Crippen LogP contribution < -0.4 is 5.73 Å². The van der Waals surface area contributed by atoms with Gasteiger partial charge in [-0.2, -0.15) is 0 Å². The molecule has 0 unspecified atom stereocenters. The number of likely N-dealkylation sites (N-methyl/N-ethyl adjacent to an activating group) is 1. The quantitative estimate of drug-likeness (QED) is 0.744. The average molecular weight is 262 g/mol. The Hall–Kier alpha value is -0.130. The maximum absolute atomic E-state index is 11.7. The topological polar surface area (TPSA) is 63.4 Å². The van der Waals surface area contributed by atoms with Crippen LogP contribution in [0.2, 0.25) is 0 Å². The van der Waals surface area contributed by atoms with Gasteiger partial charge >= 0.3 is 0 Å². The molecular weight excluding hydrogens is 236 g/mol. The molecule has 1 aliphatic rings. The van der Waals surface area contributed by atoms with Gasteiger partial charge in [-0.1, -0.05) is 19.8 Å². The molecule has 0 aromatic carbocycles. The van der Waals surface area contributed by atoms with Gasteiger partial charge in [0.1, 0.15) is 0 Å². The molecule has 4 nitrogen and oxygen atoms in total. The van der Waals surface area contributed by atoms with Crippen molar-refractivity contribution < 1.29 is 8.42 Å². The van der Waals surface area contributed by atoms with Gasteiger partial charge < -0.3 is 5.73 Å². The lowest BCUT2D eigenvalue weighted by atomic mass is 9.96. The molecule has 1 fully saturated rings. The second-order valence-corrected chi connectivity index (χ2v) is 7.51. The Kier molecular flexibility index (Phi) is 5.41. The highest BCUT2D eigenvalue weighted by molar-refractivity contribution is 7.91. The van der Waals surface area contributed by atoms with Crippen LogP contribution in [0.5, 0.6) is 0 Å². The number of rotatable bonds is 7. The van der Waals surface area contributed by atoms with Crippen molar-refractivity contribution in [2.45, 2.75) is 44.6 Å². The van der Waals surface area contributed by atoms with E-state index < -0.39 is 9.84 Å². The molecule has 5 heteroatoms. The Labute approximate surface area is 105 Å². The maximum atomic E-state index is 11.7. The molecule has 0 aromatic rings. The molecule has 0 bridgehead atoms. The molecule has 1 aliphatic carbocycles. The summed E-state index contributed by atoms with van der Waals surface area (Å²) < 4.78 is 23.4. The summed E-state index contributed by atoms with van der Waals surface area (Å²) in [5.74, 6) is 0.565. The van der Waals surface area contributed by atoms with Gasteiger partial charge in [0.15, 0.2) is 9.84 Å². The highest BCUT2D eigenvalue weighted by Crippen LogP contribution is 2.33. The highest BCUT2D eigenvalue weighted by atomic mass is 32.2. The molecule has 2 N–H and O–H groups in total. The van der Waals surface area contributed by atoms with Crippen molar-refractivity contribution in [3.63, 3.8) is 0 Å². The van der Waals surface area contributed by atoms with E-state index in [0.717, 1.165) is 12.8 Å². The second-order valence-electron chi connectivity index (χ2n) is 5.21. The molecule has 1 rings (SSSR count). The van der Waals surface area contributed by atoms with E-state index in [0.29, 0.717) is 25.3 Å². The van der Waals surface area contributed by atoms with E-state index in [1.54, 1.807) is 0 Å². The average Bonchev–Trinajstić information content (AvgIpc) is 2.75. The monoisotopic (exact) mass is 262 g/mol. The van der Waals surface area contributed by atoms with Crippen molar-refractivity contribution in [1.29, 1.82) is 0 Å². The van der Waals surface area contributed by atoms with Crippen molar-refractivity contribution in [3.05, 3.63) is 0 Å². The first-order valence-corrected chi connectivity index (χ1v) is 8.40. The smallest absolute Gasteiger partial charge is 0.151 e. The molecule has 1 saturated carbocycles. The van der Waals surface area contributed by atoms with Crippen LogP contribution in [0.4, 0.5) is 0 Å². The SMILES string of the molecule is CCCS(=O)(=O)CCN(C)C1(CN)CCCC1. The van der Waals surface area contributed by atoms with Crippen LogP contribution in [0.3, 0.4) is 0 Å². The molecule has 0 radical (unpaired) electrons. The summed E-state index contributed by atoms with van der Waals surface area (Å²) in [5, 5.41) is 0. The number of sulfone groups is 1. The Balaban J connectivity index is 2.51. The van der Waals surface area contributed by atoms with Crippen LogP contribution in [0, 0.1) is 0 Å². The molecule has 0 saturated heterocycles. The highest BCUT2D eigenvalue weighted by Gasteiger charge is 2.36. The van der Waals surface area contributed by atoms with Gasteiger partial charge in [-0.15, -0.1) is 0 Å². The summed E-state index contributed by atoms with van der Waals surface area (Å²) in [4.78, 5) is 2.17. The van der Waals surface area contributed by atoms with Crippen LogP contribution in [-0.2, 0) is 9.84 Å². The molecule has 0 aliphatic heterocycles. The normalized spacial score (nSPS) is 20.0. The van der Waals surface area contributed by atoms with E-state index in [4.69, 9.17) is 5.73 Å². The Bertz CT molecular complexity index is 321. The summed E-state index contributed by atoms with van der Waals surface area (Å²) in [5.41, 5.74) is 5.93. The van der Waals surface area contributed by atoms with Gasteiger partial charge in [0.2, 0.25) is 0 Å². The Morgan fingerprint density at radius 2 is 1.82 bits per heavy atom. The third kappa shape index (κ3) is 3.93. The summed E-state index contributed by atoms with van der Waals surface area (Å²) in [7, 11) is -0.860. The summed E-state index contributed by atoms with van der Waals surface area (Å²) in [6.45, 7) is 3.15. The van der Waals surface area contributed by atoms with Crippen molar-refractivity contribution in [3.8, 4) is 0 Å². The van der Waals surface area contributed by atoms with E-state index in [1.807, 2.05) is 14.0 Å². The fourth-order valence-electron chi connectivity index (χ4n) is 2.70. The van der Waals surface area contributed by atoms with Gasteiger partial charge in [-0.25, -0.2) is 8.42 Å². The Morgan fingerprint density at radius 3 is 2.29 bits per heavy atom. The van der Waals surface area contributed by atoms with Crippen LogP contribution in [0.25, 0.3) is 0 Å². The van der Waals surface area contributed by atoms with E-state index in [-0.39, 0.29) is 11.3 Å². The summed E-state index contributed by atoms with van der Waals surface area (Å²) in [6, 6.07) is 0. The molecule has 17 heavy (non-hydrogen) atoms. The lowest BCUT2D eigenvalue weighted by Crippen LogP contribution is -2.51. The first kappa shape index (κ1) is 14.9. The zero-order valence-electron chi connectivity index (χ0n) is 11.1. The van der Waals surface area contributed by atoms with Crippen LogP contribution in [0.15, 0.2) is 0 Å². The van der Waals surface area contributed by atoms with Crippen LogP contribution >= 0.6 is 0 Å². The van der Waals surface area contributed by atoms with Crippen molar-refractivity contribution in [2.75, 3.05) is 31.6 Å². The van der Waals surface area contributed by atoms with Crippen molar-refractivity contribution in [1.82, 2.24) is 4.90 Å². The maximum Gasteiger partial charge on any atom is 0.151 e. The fraction of sp³-hybridized carbons (Fsp3) is 1.00. The first-order chi connectivity index (χ1) is 7.96. The van der Waals surface area contributed by atoms with Crippen molar-refractivity contribution in [2.24, 2.45) is 5.73 Å². The standard InChI is InChI=1S/C12H26N2O2S/c1-3-9-17(15,16)10-8-14(2)12(11-13)6-4-5-7-12/h3-11,13H2,1-2H3. The molecule has 0 spiro atoms. The third-order valence-corrected chi connectivity index (χ3v) is 5.81. The van der Waals surface area contributed by atoms with Gasteiger partial charge in [-0.05, 0) is 26.3 Å². The van der Waals surface area contributed by atoms with Gasteiger partial charge in [0.05, 0.1) is 5.75 Å². The molecule has 0 amide bonds. The lowest BCUT2D eigenvalue weighted by molar-refractivity contribution is 0.140. The fourth-order valence-corrected chi connectivity index (χ4v) is 4.08. The molecular formula is C12H26N2O2S. The third-order valence-electron chi connectivity index (χ3n) is 3.98. The lowest BCUT2D eigenvalue weighted by Gasteiger charge is -2.37. The molecule has 0 heterocycles. The molecule has 0 aromatic heterocycles. The van der Waals surface area contributed by atoms with Crippen molar-refractivity contribution >= 4 is 9.84 Å². The molecule has 102 valence electrons. The zero-order valence-corrected chi connectivity index (χ0v) is 11.9. The van der Waals surface area contributed by atoms with E-state index >= 15 is 0 Å². The molecule has 0 atom stereocenters. The minimum absolute atomic E-state index is 0.0573. The van der Waals surface area contributed by atoms with Crippen LogP contribution in [0.1, 0.15) is 39.0 Å². The Morgan fingerprint density at radius 1 is 1.24 bits per heavy atom. The van der Waals surface area contributed by atoms with Gasteiger partial charge in [-0.3, -0.25) is 4.90 Å². The first-order valence-electron chi connectivity index (χ1n) is 6.57. The number of nitrogens with zero attached hydrogens (tertiary/aromatic N) is 1. The minimum atomic E-state index is -2.87. The number of hydrogen-bond acceptors (Lipinski definition) is 4. The predicted octanol–water partition coefficient (Wildman–Crippen LogP) is 1.01. The minimum Gasteiger partial charge on any atom is -0.329 e. The van der Waals surface area contributed by atoms with E-state index in [2.05, 4.69) is 4.90 Å². The summed E-state index contributed by atoms with van der Waals surface area (Å²) in [6.07, 6.45) is 5.34. The summed E-state index contributed by atoms with van der Waals surface area (Å²) >= 11 is 0. The second kappa shape index (κ2) is 6.16. The van der Waals surface area contributed by atoms with Gasteiger partial charge in [0, 0.05) is 24.4 Å². The number of hydrogen-bond donors (Lipinski definition) is 1.